The molecule has 1 unspecified atom stereocenters. The molecule has 1 heterocycles. The van der Waals surface area contributed by atoms with Crippen molar-refractivity contribution in [2.75, 3.05) is 26.9 Å². The lowest BCUT2D eigenvalue weighted by atomic mass is 10.0. The molecule has 0 aliphatic carbocycles. The van der Waals surface area contributed by atoms with Crippen molar-refractivity contribution in [1.82, 2.24) is 25.5 Å². The zero-order valence-electron chi connectivity index (χ0n) is 29.4. The molecule has 0 radical (unpaired) electrons. The molecule has 12 nitrogen and oxygen atoms in total. The minimum absolute atomic E-state index is 0.125. The standard InChI is InChI=1S/C37H49N5O7/c1-26(29-22-42(25-39-29)32(28-17-12-9-13-18-28)33(44)38-19-14-20-47-7)21-31(43)30(24-48-23-27-15-10-8-11-16-27)40-34(45)37(5,6)41-35(46)49-36(2,3)4/h8-13,15-18,21-22,25,30,32H,14,19-20,23-24H2,1-7H3,(H,38,44)(H,40,45)(H,41,46)/b26-21+/t30-,32?/m1/s1. The van der Waals surface area contributed by atoms with Gasteiger partial charge in [-0.3, -0.25) is 14.4 Å². The van der Waals surface area contributed by atoms with Gasteiger partial charge in [0.25, 0.3) is 0 Å². The number of ether oxygens (including phenoxy) is 3. The molecular formula is C37H49N5O7. The second-order valence-corrected chi connectivity index (χ2v) is 13.2. The summed E-state index contributed by atoms with van der Waals surface area (Å²) in [6.45, 7) is 11.0. The Bertz CT molecular complexity index is 1560. The molecule has 0 aliphatic heterocycles. The summed E-state index contributed by atoms with van der Waals surface area (Å²) in [6, 6.07) is 17.0. The molecule has 264 valence electrons. The van der Waals surface area contributed by atoms with Gasteiger partial charge in [-0.05, 0) is 70.7 Å². The molecule has 0 aliphatic rings. The number of nitrogens with one attached hydrogen (secondary N) is 3. The number of alkyl carbamates (subject to hydrolysis) is 1. The summed E-state index contributed by atoms with van der Waals surface area (Å²) < 4.78 is 18.0. The predicted octanol–water partition coefficient (Wildman–Crippen LogP) is 4.60. The Morgan fingerprint density at radius 1 is 0.959 bits per heavy atom. The fraction of sp³-hybridized carbons (Fsp3) is 0.432. The van der Waals surface area contributed by atoms with Gasteiger partial charge in [0.2, 0.25) is 11.8 Å². The van der Waals surface area contributed by atoms with Crippen LogP contribution in [0.2, 0.25) is 0 Å². The Labute approximate surface area is 288 Å². The number of imidazole rings is 1. The summed E-state index contributed by atoms with van der Waals surface area (Å²) in [4.78, 5) is 57.3. The maximum absolute atomic E-state index is 13.7. The third kappa shape index (κ3) is 12.6. The van der Waals surface area contributed by atoms with Gasteiger partial charge in [-0.2, -0.15) is 0 Å². The van der Waals surface area contributed by atoms with Crippen LogP contribution in [0.1, 0.15) is 70.8 Å². The largest absolute Gasteiger partial charge is 0.444 e. The van der Waals surface area contributed by atoms with Crippen LogP contribution in [-0.4, -0.2) is 77.3 Å². The number of carbonyl (C=O) groups is 4. The summed E-state index contributed by atoms with van der Waals surface area (Å²) in [7, 11) is 1.61. The molecule has 0 bridgehead atoms. The monoisotopic (exact) mass is 675 g/mol. The molecule has 1 aromatic heterocycles. The van der Waals surface area contributed by atoms with Gasteiger partial charge >= 0.3 is 6.09 Å². The molecule has 2 aromatic carbocycles. The van der Waals surface area contributed by atoms with Crippen LogP contribution in [0.3, 0.4) is 0 Å². The number of aromatic nitrogens is 2. The molecule has 3 amide bonds. The number of carbonyl (C=O) groups excluding carboxylic acids is 4. The number of nitrogens with zero attached hydrogens (tertiary/aromatic N) is 2. The van der Waals surface area contributed by atoms with Crippen molar-refractivity contribution >= 4 is 29.3 Å². The van der Waals surface area contributed by atoms with Crippen LogP contribution in [0.4, 0.5) is 4.79 Å². The molecule has 0 saturated carbocycles. The lowest BCUT2D eigenvalue weighted by Gasteiger charge is -2.29. The highest BCUT2D eigenvalue weighted by molar-refractivity contribution is 6.02. The highest BCUT2D eigenvalue weighted by Crippen LogP contribution is 2.22. The van der Waals surface area contributed by atoms with Crippen molar-refractivity contribution < 1.29 is 33.4 Å². The van der Waals surface area contributed by atoms with Crippen molar-refractivity contribution in [3.63, 3.8) is 0 Å². The first-order chi connectivity index (χ1) is 23.2. The van der Waals surface area contributed by atoms with E-state index in [9.17, 15) is 19.2 Å². The average Bonchev–Trinajstić information content (AvgIpc) is 3.52. The summed E-state index contributed by atoms with van der Waals surface area (Å²) >= 11 is 0. The molecular weight excluding hydrogens is 626 g/mol. The molecule has 2 atom stereocenters. The molecule has 3 N–H and O–H groups in total. The van der Waals surface area contributed by atoms with Crippen molar-refractivity contribution in [3.8, 4) is 0 Å². The van der Waals surface area contributed by atoms with Crippen molar-refractivity contribution in [2.45, 2.75) is 77.8 Å². The summed E-state index contributed by atoms with van der Waals surface area (Å²) in [5.41, 5.74) is 0.501. The van der Waals surface area contributed by atoms with E-state index in [4.69, 9.17) is 14.2 Å². The van der Waals surface area contributed by atoms with Crippen LogP contribution in [0.15, 0.2) is 79.3 Å². The first kappa shape index (κ1) is 38.6. The van der Waals surface area contributed by atoms with Crippen molar-refractivity contribution in [2.24, 2.45) is 0 Å². The molecule has 0 spiro atoms. The fourth-order valence-corrected chi connectivity index (χ4v) is 4.71. The van der Waals surface area contributed by atoms with Gasteiger partial charge in [0.05, 0.1) is 25.2 Å². The summed E-state index contributed by atoms with van der Waals surface area (Å²) in [6.07, 6.45) is 4.55. The van der Waals surface area contributed by atoms with Gasteiger partial charge in [-0.1, -0.05) is 60.7 Å². The van der Waals surface area contributed by atoms with E-state index in [-0.39, 0.29) is 19.1 Å². The molecule has 12 heteroatoms. The number of ketones is 1. The van der Waals surface area contributed by atoms with Gasteiger partial charge in [0, 0.05) is 26.5 Å². The fourth-order valence-electron chi connectivity index (χ4n) is 4.71. The van der Waals surface area contributed by atoms with Gasteiger partial charge in [-0.25, -0.2) is 9.78 Å². The summed E-state index contributed by atoms with van der Waals surface area (Å²) in [5.74, 6) is -1.24. The zero-order valence-corrected chi connectivity index (χ0v) is 29.4. The molecule has 0 saturated heterocycles. The summed E-state index contributed by atoms with van der Waals surface area (Å²) in [5, 5.41) is 8.27. The SMILES string of the molecule is COCCCNC(=O)C(c1ccccc1)n1cnc(/C(C)=C/C(=O)[C@@H](COCc2ccccc2)NC(=O)C(C)(C)NC(=O)OC(C)(C)C)c1. The van der Waals surface area contributed by atoms with Gasteiger partial charge in [0.15, 0.2) is 5.78 Å². The van der Waals surface area contributed by atoms with Crippen molar-refractivity contribution in [3.05, 3.63) is 96.1 Å². The molecule has 3 rings (SSSR count). The first-order valence-electron chi connectivity index (χ1n) is 16.2. The van der Waals surface area contributed by atoms with E-state index < -0.39 is 41.0 Å². The normalized spacial score (nSPS) is 13.2. The van der Waals surface area contributed by atoms with Crippen LogP contribution in [0.25, 0.3) is 5.57 Å². The van der Waals surface area contributed by atoms with Crippen LogP contribution in [0.5, 0.6) is 0 Å². The number of benzene rings is 2. The van der Waals surface area contributed by atoms with Crippen LogP contribution in [-0.2, 0) is 35.2 Å². The minimum Gasteiger partial charge on any atom is -0.444 e. The third-order valence-corrected chi connectivity index (χ3v) is 7.28. The quantitative estimate of drug-likeness (QED) is 0.139. The lowest BCUT2D eigenvalue weighted by molar-refractivity contribution is -0.131. The topological polar surface area (TPSA) is 150 Å². The number of hydrogen-bond donors (Lipinski definition) is 3. The Kier molecular flexibility index (Phi) is 14.3. The maximum atomic E-state index is 13.7. The van der Waals surface area contributed by atoms with Crippen LogP contribution < -0.4 is 16.0 Å². The number of amides is 3. The van der Waals surface area contributed by atoms with E-state index in [0.29, 0.717) is 30.8 Å². The van der Waals surface area contributed by atoms with Crippen LogP contribution in [0, 0.1) is 0 Å². The smallest absolute Gasteiger partial charge is 0.408 e. The van der Waals surface area contributed by atoms with Crippen molar-refractivity contribution in [1.29, 1.82) is 0 Å². The second-order valence-electron chi connectivity index (χ2n) is 13.2. The van der Waals surface area contributed by atoms with Crippen LogP contribution >= 0.6 is 0 Å². The molecule has 0 fully saturated rings. The first-order valence-corrected chi connectivity index (χ1v) is 16.2. The lowest BCUT2D eigenvalue weighted by Crippen LogP contribution is -2.59. The Balaban J connectivity index is 1.81. The number of allylic oxidation sites excluding steroid dienone is 1. The van der Waals surface area contributed by atoms with Gasteiger partial charge < -0.3 is 34.7 Å². The Hall–Kier alpha value is -4.81. The predicted molar refractivity (Wildman–Crippen MR) is 186 cm³/mol. The van der Waals surface area contributed by atoms with E-state index in [0.717, 1.165) is 11.1 Å². The van der Waals surface area contributed by atoms with E-state index in [1.165, 1.54) is 19.9 Å². The van der Waals surface area contributed by atoms with E-state index in [1.54, 1.807) is 51.9 Å². The molecule has 3 aromatic rings. The molecule has 49 heavy (non-hydrogen) atoms. The highest BCUT2D eigenvalue weighted by Gasteiger charge is 2.34. The Morgan fingerprint density at radius 3 is 2.24 bits per heavy atom. The van der Waals surface area contributed by atoms with Gasteiger partial charge in [0.1, 0.15) is 23.2 Å². The second kappa shape index (κ2) is 18.1. The Morgan fingerprint density at radius 2 is 1.61 bits per heavy atom. The van der Waals surface area contributed by atoms with E-state index in [1.807, 2.05) is 60.7 Å². The highest BCUT2D eigenvalue weighted by atomic mass is 16.6. The van der Waals surface area contributed by atoms with Gasteiger partial charge in [-0.15, -0.1) is 0 Å². The average molecular weight is 676 g/mol. The van der Waals surface area contributed by atoms with E-state index in [2.05, 4.69) is 20.9 Å². The van der Waals surface area contributed by atoms with E-state index >= 15 is 0 Å². The maximum Gasteiger partial charge on any atom is 0.408 e. The number of hydrogen-bond acceptors (Lipinski definition) is 8. The number of rotatable bonds is 17. The zero-order chi connectivity index (χ0) is 36.0. The third-order valence-electron chi connectivity index (χ3n) is 7.28. The number of methoxy groups -OCH3 is 1. The minimum atomic E-state index is -1.41.